The van der Waals surface area contributed by atoms with Crippen molar-refractivity contribution in [1.29, 1.82) is 0 Å². The Morgan fingerprint density at radius 2 is 1.96 bits per heavy atom. The number of carbonyl (C=O) groups excluding carboxylic acids is 1. The van der Waals surface area contributed by atoms with Gasteiger partial charge in [0, 0.05) is 17.7 Å². The van der Waals surface area contributed by atoms with Crippen LogP contribution in [0, 0.1) is 0 Å². The van der Waals surface area contributed by atoms with Crippen molar-refractivity contribution in [3.8, 4) is 10.8 Å². The topological polar surface area (TPSA) is 98.4 Å². The molecule has 0 saturated heterocycles. The van der Waals surface area contributed by atoms with Crippen molar-refractivity contribution in [3.05, 3.63) is 75.8 Å². The Hall–Kier alpha value is -3.26. The third-order valence-corrected chi connectivity index (χ3v) is 4.01. The Kier molecular flexibility index (Phi) is 4.48. The molecule has 2 heterocycles. The number of aromatic amines is 1. The average Bonchev–Trinajstić information content (AvgIpc) is 2.99. The van der Waals surface area contributed by atoms with Crippen molar-refractivity contribution in [2.45, 2.75) is 0 Å². The molecule has 2 aromatic heterocycles. The molecular formula is C16H13N4O3S+. The molecule has 3 rings (SSSR count). The number of rotatable bonds is 4. The molecule has 7 nitrogen and oxygen atoms in total. The van der Waals surface area contributed by atoms with E-state index in [-0.39, 0.29) is 16.3 Å². The van der Waals surface area contributed by atoms with E-state index in [2.05, 4.69) is 15.5 Å². The van der Waals surface area contributed by atoms with Crippen molar-refractivity contribution in [2.24, 2.45) is 5.10 Å². The molecule has 24 heavy (non-hydrogen) atoms. The summed E-state index contributed by atoms with van der Waals surface area (Å²) in [5.41, 5.74) is 2.93. The third-order valence-electron chi connectivity index (χ3n) is 3.11. The summed E-state index contributed by atoms with van der Waals surface area (Å²) in [5.74, 6) is -0.494. The molecule has 0 bridgehead atoms. The number of pyridine rings is 1. The molecule has 0 aliphatic carbocycles. The largest absolute Gasteiger partial charge is 0.507 e. The maximum Gasteiger partial charge on any atom is 0.311 e. The first-order valence-corrected chi connectivity index (χ1v) is 7.78. The number of para-hydroxylation sites is 1. The maximum absolute atomic E-state index is 12.3. The van der Waals surface area contributed by atoms with Gasteiger partial charge in [0.05, 0.1) is 6.21 Å². The van der Waals surface area contributed by atoms with Gasteiger partial charge in [-0.1, -0.05) is 18.2 Å². The molecule has 1 amide bonds. The van der Waals surface area contributed by atoms with Gasteiger partial charge < -0.3 is 10.1 Å². The van der Waals surface area contributed by atoms with Gasteiger partial charge in [0.25, 0.3) is 5.91 Å². The minimum atomic E-state index is -0.550. The van der Waals surface area contributed by atoms with Crippen LogP contribution in [0.2, 0.25) is 0 Å². The lowest BCUT2D eigenvalue weighted by molar-refractivity contribution is -0.591. The minimum absolute atomic E-state index is 0.0555. The number of phenols is 1. The van der Waals surface area contributed by atoms with Gasteiger partial charge in [-0.15, -0.1) is 0 Å². The number of aromatic hydroxyl groups is 1. The molecule has 0 unspecified atom stereocenters. The van der Waals surface area contributed by atoms with E-state index in [4.69, 9.17) is 0 Å². The molecule has 3 aromatic rings. The van der Waals surface area contributed by atoms with E-state index in [0.29, 0.717) is 10.6 Å². The first-order valence-electron chi connectivity index (χ1n) is 6.96. The van der Waals surface area contributed by atoms with Gasteiger partial charge in [0.15, 0.2) is 18.1 Å². The molecule has 0 aliphatic heterocycles. The smallest absolute Gasteiger partial charge is 0.311 e. The van der Waals surface area contributed by atoms with Gasteiger partial charge >= 0.3 is 9.87 Å². The molecule has 0 aliphatic rings. The number of carbonyl (C=O) groups is 1. The van der Waals surface area contributed by atoms with Crippen molar-refractivity contribution >= 4 is 23.5 Å². The number of amides is 1. The number of nitrogens with zero attached hydrogens (tertiary/aromatic N) is 2. The Labute approximate surface area is 140 Å². The van der Waals surface area contributed by atoms with E-state index in [0.717, 1.165) is 11.3 Å². The molecule has 120 valence electrons. The van der Waals surface area contributed by atoms with Crippen LogP contribution in [0.1, 0.15) is 16.1 Å². The lowest BCUT2D eigenvalue weighted by Gasteiger charge is -1.99. The monoisotopic (exact) mass is 341 g/mol. The van der Waals surface area contributed by atoms with Crippen LogP contribution in [0.15, 0.2) is 64.8 Å². The summed E-state index contributed by atoms with van der Waals surface area (Å²) >= 11 is 0.927. The third kappa shape index (κ3) is 3.39. The second-order valence-electron chi connectivity index (χ2n) is 4.74. The van der Waals surface area contributed by atoms with Gasteiger partial charge in [-0.25, -0.2) is 5.43 Å². The van der Waals surface area contributed by atoms with Crippen molar-refractivity contribution in [3.63, 3.8) is 0 Å². The SMILES string of the molecule is O=C(N/N=C\c1ccccc1O)c1[nH]c(=O)sc1-[n+]1ccccc1. The van der Waals surface area contributed by atoms with Crippen LogP contribution >= 0.6 is 11.3 Å². The molecule has 0 fully saturated rings. The first kappa shape index (κ1) is 15.6. The predicted octanol–water partition coefficient (Wildman–Crippen LogP) is 1.18. The highest BCUT2D eigenvalue weighted by molar-refractivity contribution is 7.11. The van der Waals surface area contributed by atoms with Gasteiger partial charge in [0.2, 0.25) is 0 Å². The summed E-state index contributed by atoms with van der Waals surface area (Å²) in [4.78, 5) is 26.1. The van der Waals surface area contributed by atoms with Gasteiger partial charge in [0.1, 0.15) is 5.75 Å². The zero-order valence-electron chi connectivity index (χ0n) is 12.3. The number of phenolic OH excluding ortho intramolecular Hbond substituents is 1. The zero-order chi connectivity index (χ0) is 16.9. The Morgan fingerprint density at radius 3 is 2.71 bits per heavy atom. The molecule has 0 radical (unpaired) electrons. The summed E-state index contributed by atoms with van der Waals surface area (Å²) in [6, 6.07) is 12.0. The van der Waals surface area contributed by atoms with Crippen molar-refractivity contribution in [1.82, 2.24) is 10.4 Å². The van der Waals surface area contributed by atoms with Crippen LogP contribution < -0.4 is 14.9 Å². The van der Waals surface area contributed by atoms with E-state index in [9.17, 15) is 14.7 Å². The molecule has 0 atom stereocenters. The molecule has 1 aromatic carbocycles. The predicted molar refractivity (Wildman–Crippen MR) is 89.6 cm³/mol. The van der Waals surface area contributed by atoms with Crippen LogP contribution in [-0.4, -0.2) is 22.2 Å². The molecule has 0 saturated carbocycles. The summed E-state index contributed by atoms with van der Waals surface area (Å²) in [6.45, 7) is 0. The summed E-state index contributed by atoms with van der Waals surface area (Å²) < 4.78 is 1.67. The van der Waals surface area contributed by atoms with E-state index in [1.807, 2.05) is 6.07 Å². The number of hydrogen-bond donors (Lipinski definition) is 3. The number of thiazole rings is 1. The molecule has 0 spiro atoms. The van der Waals surface area contributed by atoms with E-state index >= 15 is 0 Å². The quantitative estimate of drug-likeness (QED) is 0.377. The van der Waals surface area contributed by atoms with Gasteiger partial charge in [-0.05, 0) is 23.5 Å². The fraction of sp³-hybridized carbons (Fsp3) is 0. The lowest BCUT2D eigenvalue weighted by Crippen LogP contribution is -2.32. The van der Waals surface area contributed by atoms with Crippen LogP contribution in [0.3, 0.4) is 0 Å². The molecular weight excluding hydrogens is 328 g/mol. The maximum atomic E-state index is 12.3. The number of hydrazone groups is 1. The van der Waals surface area contributed by atoms with E-state index in [1.165, 1.54) is 12.3 Å². The zero-order valence-corrected chi connectivity index (χ0v) is 13.2. The standard InChI is InChI=1S/C16H12N4O3S/c21-12-7-3-2-6-11(12)10-17-19-14(22)13-15(24-16(23)18-13)20-8-4-1-5-9-20/h1-10H,(H2-,17,18,19,21,22,23)/p+1. The highest BCUT2D eigenvalue weighted by Crippen LogP contribution is 2.12. The number of benzene rings is 1. The lowest BCUT2D eigenvalue weighted by atomic mass is 10.2. The summed E-state index contributed by atoms with van der Waals surface area (Å²) in [6.07, 6.45) is 4.80. The Morgan fingerprint density at radius 1 is 1.21 bits per heavy atom. The second kappa shape index (κ2) is 6.88. The van der Waals surface area contributed by atoms with E-state index in [1.54, 1.807) is 47.3 Å². The Balaban J connectivity index is 1.81. The van der Waals surface area contributed by atoms with Crippen LogP contribution in [0.4, 0.5) is 0 Å². The second-order valence-corrected chi connectivity index (χ2v) is 5.70. The van der Waals surface area contributed by atoms with E-state index < -0.39 is 5.91 Å². The first-order chi connectivity index (χ1) is 11.6. The highest BCUT2D eigenvalue weighted by atomic mass is 32.1. The molecule has 3 N–H and O–H groups in total. The number of hydrogen-bond acceptors (Lipinski definition) is 5. The Bertz CT molecular complexity index is 947. The number of H-pyrrole nitrogens is 1. The van der Waals surface area contributed by atoms with Crippen LogP contribution in [0.5, 0.6) is 5.75 Å². The number of nitrogens with one attached hydrogen (secondary N) is 2. The van der Waals surface area contributed by atoms with Crippen molar-refractivity contribution < 1.29 is 14.5 Å². The summed E-state index contributed by atoms with van der Waals surface area (Å²) in [5, 5.41) is 13.9. The number of aromatic nitrogens is 2. The normalized spacial score (nSPS) is 10.8. The fourth-order valence-electron chi connectivity index (χ4n) is 2.00. The van der Waals surface area contributed by atoms with Gasteiger partial charge in [-0.3, -0.25) is 9.59 Å². The van der Waals surface area contributed by atoms with Crippen molar-refractivity contribution in [2.75, 3.05) is 0 Å². The van der Waals surface area contributed by atoms with Crippen LogP contribution in [0.25, 0.3) is 5.00 Å². The highest BCUT2D eigenvalue weighted by Gasteiger charge is 2.23. The van der Waals surface area contributed by atoms with Crippen LogP contribution in [-0.2, 0) is 0 Å². The summed E-state index contributed by atoms with van der Waals surface area (Å²) in [7, 11) is 0. The minimum Gasteiger partial charge on any atom is -0.507 e. The molecule has 8 heteroatoms. The fourth-order valence-corrected chi connectivity index (χ4v) is 2.80. The van der Waals surface area contributed by atoms with Gasteiger partial charge in [-0.2, -0.15) is 9.67 Å². The average molecular weight is 341 g/mol.